The first-order chi connectivity index (χ1) is 47.9. The van der Waals surface area contributed by atoms with Crippen molar-refractivity contribution in [3.05, 3.63) is 191 Å². The number of para-hydroxylation sites is 1. The number of ether oxygens (including phenoxy) is 5. The van der Waals surface area contributed by atoms with Crippen LogP contribution in [-0.4, -0.2) is 129 Å². The maximum atomic E-state index is 14.4. The number of nitrogen functional groups attached to an aromatic ring is 1. The molecule has 1 aromatic heterocycles. The van der Waals surface area contributed by atoms with E-state index in [1.807, 2.05) is 124 Å². The first-order valence-electron chi connectivity index (χ1n) is 33.7. The number of aromatic nitrogens is 1. The molecule has 1 aliphatic carbocycles. The number of aliphatic carboxylic acids is 1. The normalized spacial score (nSPS) is 13.7. The third-order valence-electron chi connectivity index (χ3n) is 15.6. The van der Waals surface area contributed by atoms with Gasteiger partial charge in [-0.1, -0.05) is 121 Å². The summed E-state index contributed by atoms with van der Waals surface area (Å²) < 4.78 is 27.6. The van der Waals surface area contributed by atoms with E-state index in [1.54, 1.807) is 117 Å². The Hall–Kier alpha value is -10.9. The maximum absolute atomic E-state index is 14.4. The molecule has 0 aliphatic heterocycles. The van der Waals surface area contributed by atoms with Gasteiger partial charge in [-0.15, -0.1) is 0 Å². The van der Waals surface area contributed by atoms with Gasteiger partial charge in [0.25, 0.3) is 11.8 Å². The molecule has 0 saturated carbocycles. The van der Waals surface area contributed by atoms with Crippen LogP contribution in [0.3, 0.4) is 0 Å². The second-order valence-electron chi connectivity index (χ2n) is 28.9. The highest BCUT2D eigenvalue weighted by Crippen LogP contribution is 2.45. The van der Waals surface area contributed by atoms with Crippen LogP contribution in [0.25, 0.3) is 22.0 Å². The Labute approximate surface area is 594 Å². The zero-order chi connectivity index (χ0) is 74.7. The third-order valence-corrected chi connectivity index (χ3v) is 15.6. The molecule has 0 saturated heterocycles. The number of rotatable bonds is 25. The summed E-state index contributed by atoms with van der Waals surface area (Å²) in [7, 11) is 0. The molecule has 24 heteroatoms. The van der Waals surface area contributed by atoms with Gasteiger partial charge in [0.2, 0.25) is 17.4 Å². The van der Waals surface area contributed by atoms with E-state index in [0.717, 1.165) is 38.7 Å². The third kappa shape index (κ3) is 23.9. The molecule has 4 atom stereocenters. The Balaban J connectivity index is 0.000000331. The van der Waals surface area contributed by atoms with Gasteiger partial charge in [-0.05, 0) is 184 Å². The predicted molar refractivity (Wildman–Crippen MR) is 388 cm³/mol. The minimum absolute atomic E-state index is 0.0134. The summed E-state index contributed by atoms with van der Waals surface area (Å²) in [5.74, 6) is -5.48. The van der Waals surface area contributed by atoms with Crippen molar-refractivity contribution in [3.8, 4) is 16.9 Å². The van der Waals surface area contributed by atoms with E-state index in [9.17, 15) is 48.3 Å². The standard InChI is InChI=1S/C49H65N7O9.C29H30N2O6/c1-47(2,3)63-34-24-22-32(23-25-34)28-39(54-41(57)36(50)27-31-17-11-10-12-18-31)43(59)53-38(21-15-16-26-51-45(61)64-48(4,5)6)42(58)55-40(44(60)56-46(62)65-49(7,8)9)29-33-30-52-37-20-14-13-19-35(33)37;1-28(2,3)37-27(35)31-29(25(32)33,16-18-12-14-19(30)15-13-18)26(34)36-17-24-22-10-6-4-8-20(22)21-9-5-7-11-23(21)24/h10-14,17-20,22-25,30,36,38-39,52H,15-16,21,26-29,50H2,1-9H3,(H,51,61)(H,53,59)(H,54,57)(H,56,60,62);4-15,24H,16-17,30H2,1-3H3,(H,31,35)(H,32,33)/t36-,38-,39-;29-/m00/s1. The fraction of sp³-hybridized carbons (Fsp3) is 0.385. The van der Waals surface area contributed by atoms with E-state index >= 15 is 0 Å². The Morgan fingerprint density at radius 2 is 1.12 bits per heavy atom. The number of benzene rings is 6. The lowest BCUT2D eigenvalue weighted by Crippen LogP contribution is -2.63. The van der Waals surface area contributed by atoms with Crippen LogP contribution in [0.15, 0.2) is 163 Å². The molecule has 7 amide bonds. The number of anilines is 1. The zero-order valence-electron chi connectivity index (χ0n) is 59.9. The summed E-state index contributed by atoms with van der Waals surface area (Å²) in [4.78, 5) is 128. The number of hydrogen-bond donors (Lipinski definition) is 9. The predicted octanol–water partition coefficient (Wildman–Crippen LogP) is 10.9. The number of hydrogen-bond acceptors (Lipinski definition) is 16. The summed E-state index contributed by atoms with van der Waals surface area (Å²) in [6.45, 7) is 21.0. The Bertz CT molecular complexity index is 4080. The average molecular weight is 1400 g/mol. The number of aromatic amines is 1. The highest BCUT2D eigenvalue weighted by molar-refractivity contribution is 6.43. The van der Waals surface area contributed by atoms with Gasteiger partial charge >= 0.3 is 30.2 Å². The van der Waals surface area contributed by atoms with Crippen LogP contribution in [0, 0.1) is 0 Å². The number of alkyl carbamates (subject to hydrolysis) is 3. The highest BCUT2D eigenvalue weighted by Gasteiger charge is 2.51. The van der Waals surface area contributed by atoms with Gasteiger partial charge in [-0.2, -0.15) is 0 Å². The minimum Gasteiger partial charge on any atom is -0.488 e. The summed E-state index contributed by atoms with van der Waals surface area (Å²) in [5, 5.41) is 23.8. The van der Waals surface area contributed by atoms with E-state index in [-0.39, 0.29) is 56.9 Å². The van der Waals surface area contributed by atoms with Gasteiger partial charge in [-0.3, -0.25) is 29.8 Å². The molecule has 102 heavy (non-hydrogen) atoms. The average Bonchev–Trinajstić information content (AvgIpc) is 1.63. The molecule has 7 aromatic rings. The molecule has 1 aliphatic rings. The number of carbonyl (C=O) groups excluding carboxylic acids is 8. The van der Waals surface area contributed by atoms with Gasteiger partial charge in [0.15, 0.2) is 0 Å². The number of fused-ring (bicyclic) bond motifs is 4. The molecule has 11 N–H and O–H groups in total. The van der Waals surface area contributed by atoms with Crippen LogP contribution in [-0.2, 0) is 73.4 Å². The number of H-pyrrole nitrogens is 1. The second-order valence-corrected chi connectivity index (χ2v) is 28.9. The second kappa shape index (κ2) is 34.5. The number of aliphatic imine (C=N–C) groups is 1. The van der Waals surface area contributed by atoms with Crippen LogP contribution in [0.5, 0.6) is 5.75 Å². The molecule has 8 rings (SSSR count). The quantitative estimate of drug-likeness (QED) is 0.00641. The lowest BCUT2D eigenvalue weighted by molar-refractivity contribution is -0.163. The zero-order valence-corrected chi connectivity index (χ0v) is 59.9. The molecular formula is C78H95N9O15. The Morgan fingerprint density at radius 3 is 1.72 bits per heavy atom. The number of carboxylic acids is 1. The molecule has 0 fully saturated rings. The van der Waals surface area contributed by atoms with Crippen molar-refractivity contribution in [1.82, 2.24) is 31.6 Å². The fourth-order valence-corrected chi connectivity index (χ4v) is 11.1. The first-order valence-corrected chi connectivity index (χ1v) is 33.7. The SMILES string of the molecule is CC(C)(C)OC(=O)NCCCC[C@H](NC(=O)[C@H](Cc1ccc(OC(C)(C)C)cc1)NC(=O)[C@@H](N)Cc1ccccc1)C(=O)N=C(Cc1c[nH]c2ccccc12)C(=O)NC(=O)OC(C)(C)C.CC(C)(C)OC(=O)N[C@@](Cc1ccc(N)cc1)(C(=O)O)C(=O)OCC1c2ccccc2-c2ccccc21. The van der Waals surface area contributed by atoms with E-state index in [1.165, 1.54) is 0 Å². The summed E-state index contributed by atoms with van der Waals surface area (Å²) in [6, 6.07) is 42.1. The Morgan fingerprint density at radius 1 is 0.578 bits per heavy atom. The van der Waals surface area contributed by atoms with Crippen molar-refractivity contribution < 1.29 is 71.9 Å². The number of carboxylic acid groups (broad SMARTS) is 1. The van der Waals surface area contributed by atoms with Gasteiger partial charge < -0.3 is 61.2 Å². The number of unbranched alkanes of at least 4 members (excludes halogenated alkanes) is 1. The van der Waals surface area contributed by atoms with Crippen LogP contribution in [0.1, 0.15) is 142 Å². The number of nitrogens with one attached hydrogen (secondary N) is 6. The number of carbonyl (C=O) groups is 9. The van der Waals surface area contributed by atoms with Crippen molar-refractivity contribution in [1.29, 1.82) is 0 Å². The van der Waals surface area contributed by atoms with Gasteiger partial charge in [0.1, 0.15) is 52.6 Å². The van der Waals surface area contributed by atoms with Crippen molar-refractivity contribution >= 4 is 76.1 Å². The Kier molecular flexibility index (Phi) is 26.5. The lowest BCUT2D eigenvalue weighted by atomic mass is 9.90. The monoisotopic (exact) mass is 1400 g/mol. The highest BCUT2D eigenvalue weighted by atomic mass is 16.6. The number of imide groups is 1. The van der Waals surface area contributed by atoms with E-state index in [2.05, 4.69) is 36.6 Å². The minimum atomic E-state index is -2.42. The smallest absolute Gasteiger partial charge is 0.414 e. The van der Waals surface area contributed by atoms with Crippen LogP contribution < -0.4 is 42.8 Å². The van der Waals surface area contributed by atoms with Crippen LogP contribution in [0.4, 0.5) is 20.1 Å². The van der Waals surface area contributed by atoms with Crippen molar-refractivity contribution in [2.24, 2.45) is 10.7 Å². The number of nitrogens with zero attached hydrogens (tertiary/aromatic N) is 1. The van der Waals surface area contributed by atoms with Crippen molar-refractivity contribution in [2.45, 2.75) is 180 Å². The van der Waals surface area contributed by atoms with Gasteiger partial charge in [0.05, 0.1) is 6.04 Å². The lowest BCUT2D eigenvalue weighted by Gasteiger charge is -2.30. The summed E-state index contributed by atoms with van der Waals surface area (Å²) in [6.07, 6.45) is -0.620. The molecule has 0 radical (unpaired) electrons. The topological polar surface area (TPSA) is 360 Å². The number of nitrogens with two attached hydrogens (primary N) is 2. The molecule has 0 bridgehead atoms. The van der Waals surface area contributed by atoms with Gasteiger partial charge in [-0.25, -0.2) is 29.0 Å². The molecule has 0 unspecified atom stereocenters. The van der Waals surface area contributed by atoms with E-state index in [4.69, 9.17) is 35.2 Å². The molecular weight excluding hydrogens is 1300 g/mol. The maximum Gasteiger partial charge on any atom is 0.414 e. The fourth-order valence-electron chi connectivity index (χ4n) is 11.1. The summed E-state index contributed by atoms with van der Waals surface area (Å²) >= 11 is 0. The van der Waals surface area contributed by atoms with Crippen molar-refractivity contribution in [2.75, 3.05) is 18.9 Å². The summed E-state index contributed by atoms with van der Waals surface area (Å²) in [5.41, 5.74) is 14.3. The van der Waals surface area contributed by atoms with Crippen molar-refractivity contribution in [3.63, 3.8) is 0 Å². The molecule has 6 aromatic carbocycles. The molecule has 24 nitrogen and oxygen atoms in total. The first kappa shape index (κ1) is 78.5. The van der Waals surface area contributed by atoms with E-state index < -0.39 is 99.9 Å². The van der Waals surface area contributed by atoms with Gasteiger partial charge in [0, 0.05) is 54.5 Å². The molecule has 1 heterocycles. The number of esters is 1. The van der Waals surface area contributed by atoms with Crippen LogP contribution in [0.2, 0.25) is 0 Å². The number of amides is 7. The van der Waals surface area contributed by atoms with E-state index in [0.29, 0.717) is 41.0 Å². The van der Waals surface area contributed by atoms with Crippen LogP contribution >= 0.6 is 0 Å². The largest absolute Gasteiger partial charge is 0.488 e. The molecule has 0 spiro atoms. The molecule has 542 valence electrons.